The molecule has 0 aliphatic carbocycles. The smallest absolute Gasteiger partial charge is 0.187 e. The third-order valence-corrected chi connectivity index (χ3v) is 3.49. The van der Waals surface area contributed by atoms with Gasteiger partial charge in [0.1, 0.15) is 5.66 Å². The molecule has 1 aliphatic heterocycles. The van der Waals surface area contributed by atoms with Crippen molar-refractivity contribution in [2.75, 3.05) is 0 Å². The number of allylic oxidation sites excluding steroid dienone is 1. The molecule has 4 nitrogen and oxygen atoms in total. The molecule has 0 bridgehead atoms. The maximum Gasteiger partial charge on any atom is 0.187 e. The molecule has 19 heavy (non-hydrogen) atoms. The molecule has 1 fully saturated rings. The van der Waals surface area contributed by atoms with Gasteiger partial charge in [-0.15, -0.1) is 0 Å². The minimum Gasteiger partial charge on any atom is -0.367 e. The molecule has 0 saturated carbocycles. The second kappa shape index (κ2) is 4.47. The summed E-state index contributed by atoms with van der Waals surface area (Å²) >= 11 is 0. The van der Waals surface area contributed by atoms with Crippen LogP contribution in [-0.2, 0) is 0 Å². The molecule has 0 aromatic heterocycles. The highest BCUT2D eigenvalue weighted by atomic mass is 16.5. The molecule has 0 amide bonds. The van der Waals surface area contributed by atoms with E-state index in [1.54, 1.807) is 18.2 Å². The quantitative estimate of drug-likeness (QED) is 0.634. The fourth-order valence-electron chi connectivity index (χ4n) is 2.38. The highest BCUT2D eigenvalue weighted by Gasteiger charge is 2.47. The fraction of sp³-hybridized carbons (Fsp3) is 0.400. The van der Waals surface area contributed by atoms with Gasteiger partial charge in [0.25, 0.3) is 0 Å². The van der Waals surface area contributed by atoms with Crippen LogP contribution in [0.15, 0.2) is 42.1 Å². The first-order valence-corrected chi connectivity index (χ1v) is 6.34. The van der Waals surface area contributed by atoms with Crippen LogP contribution < -0.4 is 5.32 Å². The Labute approximate surface area is 113 Å². The first-order valence-electron chi connectivity index (χ1n) is 6.34. The Morgan fingerprint density at radius 3 is 2.26 bits per heavy atom. The summed E-state index contributed by atoms with van der Waals surface area (Å²) < 4.78 is 0. The molecule has 4 heteroatoms. The van der Waals surface area contributed by atoms with Gasteiger partial charge in [-0.1, -0.05) is 30.3 Å². The lowest BCUT2D eigenvalue weighted by Crippen LogP contribution is -2.48. The number of carbonyl (C=O) groups is 1. The summed E-state index contributed by atoms with van der Waals surface area (Å²) in [5.74, 6) is -0.0673. The third kappa shape index (κ3) is 2.41. The Kier molecular flexibility index (Phi) is 3.24. The topological polar surface area (TPSA) is 52.6 Å². The standard InChI is InChI=1S/C15H20N2O2/c1-14(2)13(16-15(3,4)17(14)19)10-12(18)11-8-6-5-7-9-11/h5-10,16,19H,1-4H3/b13-10+. The van der Waals surface area contributed by atoms with E-state index < -0.39 is 11.2 Å². The molecule has 0 unspecified atom stereocenters. The summed E-state index contributed by atoms with van der Waals surface area (Å²) in [5, 5.41) is 14.6. The lowest BCUT2D eigenvalue weighted by atomic mass is 9.99. The van der Waals surface area contributed by atoms with Gasteiger partial charge >= 0.3 is 0 Å². The minimum absolute atomic E-state index is 0.0673. The zero-order chi connectivity index (χ0) is 14.3. The van der Waals surface area contributed by atoms with E-state index in [0.29, 0.717) is 11.3 Å². The maximum atomic E-state index is 12.2. The molecule has 2 rings (SSSR count). The van der Waals surface area contributed by atoms with Gasteiger partial charge in [-0.25, -0.2) is 0 Å². The van der Waals surface area contributed by atoms with Crippen LogP contribution in [0.5, 0.6) is 0 Å². The van der Waals surface area contributed by atoms with Crippen LogP contribution >= 0.6 is 0 Å². The number of nitrogens with zero attached hydrogens (tertiary/aromatic N) is 1. The Bertz CT molecular complexity index is 518. The van der Waals surface area contributed by atoms with Crippen molar-refractivity contribution in [1.82, 2.24) is 10.4 Å². The van der Waals surface area contributed by atoms with Crippen LogP contribution in [-0.4, -0.2) is 27.3 Å². The van der Waals surface area contributed by atoms with Gasteiger partial charge in [0.15, 0.2) is 5.78 Å². The zero-order valence-electron chi connectivity index (χ0n) is 11.8. The Hall–Kier alpha value is -1.65. The molecule has 1 heterocycles. The summed E-state index contributed by atoms with van der Waals surface area (Å²) in [7, 11) is 0. The van der Waals surface area contributed by atoms with Crippen molar-refractivity contribution in [2.45, 2.75) is 38.9 Å². The van der Waals surface area contributed by atoms with Crippen molar-refractivity contribution in [3.05, 3.63) is 47.7 Å². The largest absolute Gasteiger partial charge is 0.367 e. The van der Waals surface area contributed by atoms with Gasteiger partial charge in [0, 0.05) is 17.3 Å². The number of rotatable bonds is 2. The number of hydrogen-bond acceptors (Lipinski definition) is 4. The van der Waals surface area contributed by atoms with Gasteiger partial charge in [0.05, 0.1) is 5.54 Å². The van der Waals surface area contributed by atoms with Crippen molar-refractivity contribution < 1.29 is 10.0 Å². The number of ketones is 1. The van der Waals surface area contributed by atoms with Crippen LogP contribution in [0.2, 0.25) is 0 Å². The molecule has 1 aromatic carbocycles. The maximum absolute atomic E-state index is 12.2. The predicted octanol–water partition coefficient (Wildman–Crippen LogP) is 2.56. The van der Waals surface area contributed by atoms with Crippen molar-refractivity contribution >= 4 is 5.78 Å². The predicted molar refractivity (Wildman–Crippen MR) is 73.8 cm³/mol. The van der Waals surface area contributed by atoms with Gasteiger partial charge in [0.2, 0.25) is 0 Å². The zero-order valence-corrected chi connectivity index (χ0v) is 11.8. The highest BCUT2D eigenvalue weighted by molar-refractivity contribution is 6.05. The van der Waals surface area contributed by atoms with Gasteiger partial charge < -0.3 is 10.5 Å². The van der Waals surface area contributed by atoms with Gasteiger partial charge in [-0.3, -0.25) is 4.79 Å². The van der Waals surface area contributed by atoms with E-state index in [-0.39, 0.29) is 5.78 Å². The average molecular weight is 260 g/mol. The summed E-state index contributed by atoms with van der Waals surface area (Å²) in [6, 6.07) is 9.11. The molecule has 0 atom stereocenters. The fourth-order valence-corrected chi connectivity index (χ4v) is 2.38. The Morgan fingerprint density at radius 2 is 1.79 bits per heavy atom. The second-order valence-electron chi connectivity index (χ2n) is 5.84. The van der Waals surface area contributed by atoms with Gasteiger partial charge in [-0.05, 0) is 27.7 Å². The van der Waals surface area contributed by atoms with Crippen molar-refractivity contribution in [3.8, 4) is 0 Å². The van der Waals surface area contributed by atoms with Crippen LogP contribution in [0, 0.1) is 0 Å². The van der Waals surface area contributed by atoms with E-state index in [1.807, 2.05) is 45.9 Å². The normalized spacial score (nSPS) is 23.3. The van der Waals surface area contributed by atoms with E-state index in [9.17, 15) is 10.0 Å². The van der Waals surface area contributed by atoms with E-state index in [1.165, 1.54) is 5.06 Å². The number of hydrogen-bond donors (Lipinski definition) is 2. The van der Waals surface area contributed by atoms with Crippen molar-refractivity contribution in [1.29, 1.82) is 0 Å². The highest BCUT2D eigenvalue weighted by Crippen LogP contribution is 2.34. The Balaban J connectivity index is 2.32. The van der Waals surface area contributed by atoms with E-state index in [4.69, 9.17) is 0 Å². The monoisotopic (exact) mass is 260 g/mol. The molecule has 1 saturated heterocycles. The molecule has 1 aromatic rings. The summed E-state index contributed by atoms with van der Waals surface area (Å²) in [5.41, 5.74) is 0.149. The summed E-state index contributed by atoms with van der Waals surface area (Å²) in [4.78, 5) is 12.2. The molecule has 1 aliphatic rings. The number of nitrogens with one attached hydrogen (secondary N) is 1. The molecule has 102 valence electrons. The average Bonchev–Trinajstić information content (AvgIpc) is 2.51. The van der Waals surface area contributed by atoms with E-state index in [0.717, 1.165) is 0 Å². The molecular formula is C15H20N2O2. The number of hydroxylamine groups is 2. The van der Waals surface area contributed by atoms with Crippen molar-refractivity contribution in [2.24, 2.45) is 0 Å². The van der Waals surface area contributed by atoms with E-state index >= 15 is 0 Å². The van der Waals surface area contributed by atoms with Crippen LogP contribution in [0.1, 0.15) is 38.1 Å². The number of benzene rings is 1. The van der Waals surface area contributed by atoms with Gasteiger partial charge in [-0.2, -0.15) is 5.06 Å². The third-order valence-electron chi connectivity index (χ3n) is 3.49. The van der Waals surface area contributed by atoms with Crippen LogP contribution in [0.25, 0.3) is 0 Å². The molecule has 2 N–H and O–H groups in total. The van der Waals surface area contributed by atoms with Crippen LogP contribution in [0.3, 0.4) is 0 Å². The minimum atomic E-state index is -0.617. The molecular weight excluding hydrogens is 240 g/mol. The molecule has 0 spiro atoms. The lowest BCUT2D eigenvalue weighted by Gasteiger charge is -2.32. The first-order chi connectivity index (χ1) is 8.75. The lowest BCUT2D eigenvalue weighted by molar-refractivity contribution is -0.191. The van der Waals surface area contributed by atoms with Crippen LogP contribution in [0.4, 0.5) is 0 Å². The summed E-state index contributed by atoms with van der Waals surface area (Å²) in [6.45, 7) is 7.48. The van der Waals surface area contributed by atoms with E-state index in [2.05, 4.69) is 5.32 Å². The first kappa shape index (κ1) is 13.8. The molecule has 0 radical (unpaired) electrons. The number of carbonyl (C=O) groups excluding carboxylic acids is 1. The second-order valence-corrected chi connectivity index (χ2v) is 5.84. The summed E-state index contributed by atoms with van der Waals surface area (Å²) in [6.07, 6.45) is 1.56. The van der Waals surface area contributed by atoms with Crippen molar-refractivity contribution in [3.63, 3.8) is 0 Å². The Morgan fingerprint density at radius 1 is 1.21 bits per heavy atom. The SMILES string of the molecule is CC1(C)N/C(=C/C(=O)c2ccccc2)C(C)(C)N1O.